The molecule has 1 aromatic carbocycles. The van der Waals surface area contributed by atoms with Crippen LogP contribution in [-0.2, 0) is 4.74 Å². The summed E-state index contributed by atoms with van der Waals surface area (Å²) in [6.45, 7) is 6.64. The summed E-state index contributed by atoms with van der Waals surface area (Å²) in [5.41, 5.74) is 1.98. The highest BCUT2D eigenvalue weighted by atomic mass is 19.1. The van der Waals surface area contributed by atoms with Crippen molar-refractivity contribution in [3.63, 3.8) is 0 Å². The molecular weight excluding hydrogens is 365 g/mol. The van der Waals surface area contributed by atoms with Gasteiger partial charge in [0.05, 0.1) is 23.3 Å². The van der Waals surface area contributed by atoms with E-state index in [2.05, 4.69) is 4.98 Å². The second-order valence-electron chi connectivity index (χ2n) is 6.92. The van der Waals surface area contributed by atoms with Crippen molar-refractivity contribution in [1.82, 2.24) is 4.98 Å². The molecule has 0 bridgehead atoms. The molecule has 0 spiro atoms. The van der Waals surface area contributed by atoms with Crippen LogP contribution >= 0.6 is 0 Å². The fourth-order valence-corrected chi connectivity index (χ4v) is 3.75. The number of ether oxygens (including phenoxy) is 2. The van der Waals surface area contributed by atoms with E-state index in [0.717, 1.165) is 0 Å². The predicted octanol–water partition coefficient (Wildman–Crippen LogP) is 3.90. The van der Waals surface area contributed by atoms with Gasteiger partial charge in [-0.15, -0.1) is 0 Å². The number of aromatic nitrogens is 1. The van der Waals surface area contributed by atoms with Gasteiger partial charge in [-0.2, -0.15) is 0 Å². The first kappa shape index (κ1) is 19.8. The lowest BCUT2D eigenvalue weighted by atomic mass is 10.0. The molecule has 0 radical (unpaired) electrons. The van der Waals surface area contributed by atoms with Gasteiger partial charge in [0.15, 0.2) is 12.4 Å². The second kappa shape index (κ2) is 7.58. The summed E-state index contributed by atoms with van der Waals surface area (Å²) < 4.78 is 24.7. The van der Waals surface area contributed by atoms with Gasteiger partial charge in [0.25, 0.3) is 0 Å². The van der Waals surface area contributed by atoms with Crippen molar-refractivity contribution in [3.8, 4) is 5.75 Å². The summed E-state index contributed by atoms with van der Waals surface area (Å²) in [7, 11) is 0. The monoisotopic (exact) mass is 387 g/mol. The number of carbonyl (C=O) groups is 3. The third kappa shape index (κ3) is 3.32. The Morgan fingerprint density at radius 2 is 1.89 bits per heavy atom. The Morgan fingerprint density at radius 1 is 1.21 bits per heavy atom. The molecular formula is C21H22FNO5. The second-order valence-corrected chi connectivity index (χ2v) is 6.92. The molecule has 1 N–H and O–H groups in total. The molecule has 1 aliphatic rings. The van der Waals surface area contributed by atoms with Crippen LogP contribution in [0.5, 0.6) is 5.75 Å². The van der Waals surface area contributed by atoms with E-state index in [1.807, 2.05) is 0 Å². The van der Waals surface area contributed by atoms with Gasteiger partial charge in [0, 0.05) is 23.4 Å². The highest BCUT2D eigenvalue weighted by Crippen LogP contribution is 2.39. The number of Topliss-reactive ketones (excluding diaryl/α,β-unsaturated/α-hetero) is 2. The maximum absolute atomic E-state index is 14.1. The molecule has 28 heavy (non-hydrogen) atoms. The summed E-state index contributed by atoms with van der Waals surface area (Å²) >= 11 is 0. The molecule has 0 amide bonds. The van der Waals surface area contributed by atoms with E-state index >= 15 is 0 Å². The third-order valence-corrected chi connectivity index (χ3v) is 4.91. The molecule has 0 saturated heterocycles. The Morgan fingerprint density at radius 3 is 2.57 bits per heavy atom. The maximum atomic E-state index is 14.1. The first-order chi connectivity index (χ1) is 13.3. The number of aromatic amines is 1. The standard InChI is InChI=1S/C21H22FNO5/c1-5-27-21(26)19-12(4)23-11(3)18(19)15(25)9-28-16-7-6-13(22)17-10(2)8-14(24)20(16)17/h6-7,10,23H,5,8-9H2,1-4H3. The van der Waals surface area contributed by atoms with Crippen LogP contribution in [0.25, 0.3) is 0 Å². The van der Waals surface area contributed by atoms with Crippen LogP contribution in [0.15, 0.2) is 12.1 Å². The number of ketones is 2. The number of aryl methyl sites for hydroxylation is 2. The van der Waals surface area contributed by atoms with Crippen LogP contribution in [-0.4, -0.2) is 35.7 Å². The maximum Gasteiger partial charge on any atom is 0.340 e. The Balaban J connectivity index is 1.87. The molecule has 1 aliphatic carbocycles. The van der Waals surface area contributed by atoms with Crippen molar-refractivity contribution in [3.05, 3.63) is 51.6 Å². The number of nitrogens with one attached hydrogen (secondary N) is 1. The first-order valence-electron chi connectivity index (χ1n) is 9.14. The lowest BCUT2D eigenvalue weighted by molar-refractivity contribution is 0.0522. The number of fused-ring (bicyclic) bond motifs is 1. The SMILES string of the molecule is CCOC(=O)c1c(C)[nH]c(C)c1C(=O)COc1ccc(F)c2c1C(=O)CC2C. The molecule has 3 rings (SSSR count). The van der Waals surface area contributed by atoms with Gasteiger partial charge in [-0.1, -0.05) is 6.92 Å². The molecule has 1 heterocycles. The molecule has 1 aromatic heterocycles. The number of halogens is 1. The average molecular weight is 387 g/mol. The molecule has 1 unspecified atom stereocenters. The van der Waals surface area contributed by atoms with Crippen molar-refractivity contribution in [2.75, 3.05) is 13.2 Å². The number of hydrogen-bond acceptors (Lipinski definition) is 5. The minimum absolute atomic E-state index is 0.182. The van der Waals surface area contributed by atoms with E-state index in [-0.39, 0.29) is 53.8 Å². The zero-order valence-corrected chi connectivity index (χ0v) is 16.3. The summed E-state index contributed by atoms with van der Waals surface area (Å²) in [6, 6.07) is 2.60. The highest BCUT2D eigenvalue weighted by Gasteiger charge is 2.33. The highest BCUT2D eigenvalue weighted by molar-refractivity contribution is 6.09. The van der Waals surface area contributed by atoms with Gasteiger partial charge >= 0.3 is 5.97 Å². The molecule has 0 fully saturated rings. The van der Waals surface area contributed by atoms with Gasteiger partial charge in [0.1, 0.15) is 11.6 Å². The fourth-order valence-electron chi connectivity index (χ4n) is 3.75. The fraction of sp³-hybridized carbons (Fsp3) is 0.381. The van der Waals surface area contributed by atoms with Crippen LogP contribution in [0.3, 0.4) is 0 Å². The molecule has 0 aliphatic heterocycles. The average Bonchev–Trinajstić information content (AvgIpc) is 3.10. The lowest BCUT2D eigenvalue weighted by Gasteiger charge is -2.12. The zero-order valence-electron chi connectivity index (χ0n) is 16.3. The minimum Gasteiger partial charge on any atom is -0.485 e. The van der Waals surface area contributed by atoms with Crippen LogP contribution in [0.1, 0.15) is 74.2 Å². The van der Waals surface area contributed by atoms with Gasteiger partial charge in [0.2, 0.25) is 5.78 Å². The summed E-state index contributed by atoms with van der Waals surface area (Å²) in [6.07, 6.45) is 0.212. The van der Waals surface area contributed by atoms with E-state index in [0.29, 0.717) is 17.0 Å². The lowest BCUT2D eigenvalue weighted by Crippen LogP contribution is -2.18. The Kier molecular flexibility index (Phi) is 5.36. The van der Waals surface area contributed by atoms with Crippen LogP contribution in [0.2, 0.25) is 0 Å². The molecule has 6 nitrogen and oxygen atoms in total. The smallest absolute Gasteiger partial charge is 0.340 e. The molecule has 1 atom stereocenters. The number of hydrogen-bond donors (Lipinski definition) is 1. The number of rotatable bonds is 6. The van der Waals surface area contributed by atoms with Crippen molar-refractivity contribution in [1.29, 1.82) is 0 Å². The van der Waals surface area contributed by atoms with E-state index in [1.54, 1.807) is 27.7 Å². The van der Waals surface area contributed by atoms with Crippen molar-refractivity contribution in [2.45, 2.75) is 40.0 Å². The largest absolute Gasteiger partial charge is 0.485 e. The summed E-state index contributed by atoms with van der Waals surface area (Å²) in [4.78, 5) is 40.2. The Bertz CT molecular complexity index is 976. The van der Waals surface area contributed by atoms with Gasteiger partial charge in [-0.05, 0) is 38.8 Å². The number of esters is 1. The van der Waals surface area contributed by atoms with Crippen LogP contribution < -0.4 is 4.74 Å². The Labute approximate surface area is 162 Å². The molecule has 148 valence electrons. The Hall–Kier alpha value is -2.96. The first-order valence-corrected chi connectivity index (χ1v) is 9.14. The number of H-pyrrole nitrogens is 1. The normalized spacial score (nSPS) is 15.5. The summed E-state index contributed by atoms with van der Waals surface area (Å²) in [5, 5.41) is 0. The van der Waals surface area contributed by atoms with Crippen LogP contribution in [0, 0.1) is 19.7 Å². The van der Waals surface area contributed by atoms with Gasteiger partial charge in [-0.3, -0.25) is 9.59 Å². The van der Waals surface area contributed by atoms with Gasteiger partial charge < -0.3 is 14.5 Å². The number of benzene rings is 1. The third-order valence-electron chi connectivity index (χ3n) is 4.91. The summed E-state index contributed by atoms with van der Waals surface area (Å²) in [5.74, 6) is -1.71. The van der Waals surface area contributed by atoms with E-state index in [9.17, 15) is 18.8 Å². The zero-order chi connectivity index (χ0) is 20.6. The van der Waals surface area contributed by atoms with Crippen molar-refractivity contribution in [2.24, 2.45) is 0 Å². The predicted molar refractivity (Wildman–Crippen MR) is 99.8 cm³/mol. The van der Waals surface area contributed by atoms with E-state index in [4.69, 9.17) is 9.47 Å². The molecule has 7 heteroatoms. The quantitative estimate of drug-likeness (QED) is 0.600. The van der Waals surface area contributed by atoms with Crippen LogP contribution in [0.4, 0.5) is 4.39 Å². The topological polar surface area (TPSA) is 85.5 Å². The van der Waals surface area contributed by atoms with Crippen molar-refractivity contribution >= 4 is 17.5 Å². The molecule has 0 saturated carbocycles. The van der Waals surface area contributed by atoms with E-state index < -0.39 is 17.6 Å². The van der Waals surface area contributed by atoms with E-state index in [1.165, 1.54) is 12.1 Å². The van der Waals surface area contributed by atoms with Gasteiger partial charge in [-0.25, -0.2) is 9.18 Å². The van der Waals surface area contributed by atoms with Crippen molar-refractivity contribution < 1.29 is 28.2 Å². The molecule has 2 aromatic rings. The minimum atomic E-state index is -0.584. The number of carbonyl (C=O) groups excluding carboxylic acids is 3.